The molecule has 1 saturated heterocycles. The quantitative estimate of drug-likeness (QED) is 0.0228. The molecule has 1 aliphatic rings. The number of ether oxygens (including phenoxy) is 5. The van der Waals surface area contributed by atoms with Crippen LogP contribution < -0.4 is 0 Å². The molecule has 0 aromatic heterocycles. The summed E-state index contributed by atoms with van der Waals surface area (Å²) in [4.78, 5) is 50.9. The Kier molecular flexibility index (Phi) is 43.6. The maximum Gasteiger partial charge on any atom is 0.335 e. The number of aliphatic carboxylic acids is 1. The van der Waals surface area contributed by atoms with E-state index < -0.39 is 67.3 Å². The molecule has 1 rings (SSSR count). The fourth-order valence-electron chi connectivity index (χ4n) is 7.38. The van der Waals surface area contributed by atoms with E-state index in [0.717, 1.165) is 128 Å². The first kappa shape index (κ1) is 66.1. The van der Waals surface area contributed by atoms with Gasteiger partial charge in [-0.1, -0.05) is 187 Å². The summed E-state index contributed by atoms with van der Waals surface area (Å²) in [5.41, 5.74) is 0. The van der Waals surface area contributed by atoms with Crippen LogP contribution in [-0.2, 0) is 42.9 Å². The Morgan fingerprint density at radius 2 is 0.904 bits per heavy atom. The third-order valence-corrected chi connectivity index (χ3v) is 11.5. The largest absolute Gasteiger partial charge is 0.479 e. The topological polar surface area (TPSA) is 175 Å². The molecule has 12 heteroatoms. The number of carbonyl (C=O) groups excluding carboxylic acids is 3. The molecule has 0 spiro atoms. The van der Waals surface area contributed by atoms with Gasteiger partial charge in [-0.3, -0.25) is 14.4 Å². The zero-order chi connectivity index (χ0) is 53.3. The number of carbonyl (C=O) groups is 4. The van der Waals surface area contributed by atoms with Gasteiger partial charge in [0.2, 0.25) is 0 Å². The minimum atomic E-state index is -1.94. The van der Waals surface area contributed by atoms with Crippen LogP contribution in [0.15, 0.2) is 122 Å². The molecule has 73 heavy (non-hydrogen) atoms. The number of hydrogen-bond donors (Lipinski definition) is 3. The Hall–Kier alpha value is -4.88. The van der Waals surface area contributed by atoms with E-state index in [-0.39, 0.29) is 25.9 Å². The lowest BCUT2D eigenvalue weighted by molar-refractivity contribution is -0.301. The number of carboxylic acids is 1. The number of carboxylic acid groups (broad SMARTS) is 1. The molecule has 6 unspecified atom stereocenters. The summed E-state index contributed by atoms with van der Waals surface area (Å²) in [5.74, 6) is -3.35. The molecular weight excluding hydrogens is 925 g/mol. The number of aliphatic hydroxyl groups excluding tert-OH is 2. The molecule has 6 atom stereocenters. The Morgan fingerprint density at radius 3 is 1.38 bits per heavy atom. The minimum Gasteiger partial charge on any atom is -0.479 e. The Bertz CT molecular complexity index is 1730. The molecule has 1 heterocycles. The monoisotopic (exact) mass is 1020 g/mol. The van der Waals surface area contributed by atoms with E-state index in [1.165, 1.54) is 0 Å². The van der Waals surface area contributed by atoms with Gasteiger partial charge >= 0.3 is 23.9 Å². The molecule has 0 aromatic rings. The molecule has 0 aliphatic carbocycles. The number of hydrogen-bond acceptors (Lipinski definition) is 11. The van der Waals surface area contributed by atoms with Crippen LogP contribution in [0.5, 0.6) is 0 Å². The standard InChI is InChI=1S/C61H94O12/c1-4-7-10-13-16-19-22-25-27-30-32-35-38-41-44-47-53(62)69-50-52(71-54(63)48-45-42-39-36-33-29-24-21-18-15-12-9-6-3)51-70-61-59(57(66)56(65)58(73-61)60(67)68)72-55(64)49-46-43-40-37-34-31-28-26-23-20-17-14-11-8-5-2/h7-8,10-12,15-17,19-21,24-28,34,37,43,46,52,56-59,61,65-66H,4-6,9,13-14,18,22-23,29-33,35-36,38-42,44-45,47-51H2,1-3H3,(H,67,68)/b10-7-,11-8-,15-12-,19-16-,20-17-,24-21-,27-25-,28-26-,37-34-,46-43-. The van der Waals surface area contributed by atoms with E-state index in [1.54, 1.807) is 12.2 Å². The predicted molar refractivity (Wildman–Crippen MR) is 293 cm³/mol. The van der Waals surface area contributed by atoms with Gasteiger partial charge in [-0.2, -0.15) is 0 Å². The van der Waals surface area contributed by atoms with Gasteiger partial charge < -0.3 is 39.0 Å². The lowest BCUT2D eigenvalue weighted by Gasteiger charge is -2.40. The first-order valence-corrected chi connectivity index (χ1v) is 27.5. The van der Waals surface area contributed by atoms with Crippen molar-refractivity contribution in [3.8, 4) is 0 Å². The van der Waals surface area contributed by atoms with Gasteiger partial charge in [0.25, 0.3) is 0 Å². The van der Waals surface area contributed by atoms with Crippen LogP contribution in [0.1, 0.15) is 188 Å². The fourth-order valence-corrected chi connectivity index (χ4v) is 7.38. The van der Waals surface area contributed by atoms with Crippen LogP contribution in [0.25, 0.3) is 0 Å². The number of rotatable bonds is 44. The van der Waals surface area contributed by atoms with Crippen molar-refractivity contribution in [2.75, 3.05) is 13.2 Å². The summed E-state index contributed by atoms with van der Waals surface area (Å²) < 4.78 is 28.2. The van der Waals surface area contributed by atoms with Gasteiger partial charge in [0.15, 0.2) is 24.6 Å². The molecule has 0 aromatic carbocycles. The highest BCUT2D eigenvalue weighted by atomic mass is 16.7. The molecule has 12 nitrogen and oxygen atoms in total. The summed E-state index contributed by atoms with van der Waals surface area (Å²) in [6.45, 7) is 5.60. The van der Waals surface area contributed by atoms with Crippen LogP contribution in [0.2, 0.25) is 0 Å². The van der Waals surface area contributed by atoms with Crippen molar-refractivity contribution >= 4 is 23.9 Å². The molecule has 3 N–H and O–H groups in total. The van der Waals surface area contributed by atoms with E-state index in [9.17, 15) is 34.5 Å². The molecule has 0 amide bonds. The number of unbranched alkanes of at least 4 members (excludes halogenated alkanes) is 11. The van der Waals surface area contributed by atoms with Crippen molar-refractivity contribution in [2.24, 2.45) is 0 Å². The second-order valence-electron chi connectivity index (χ2n) is 18.1. The number of esters is 3. The third-order valence-electron chi connectivity index (χ3n) is 11.5. The summed E-state index contributed by atoms with van der Waals surface area (Å²) in [6.07, 6.45) is 53.4. The van der Waals surface area contributed by atoms with Gasteiger partial charge in [-0.25, -0.2) is 4.79 Å². The zero-order valence-corrected chi connectivity index (χ0v) is 44.8. The molecule has 1 fully saturated rings. The fraction of sp³-hybridized carbons (Fsp3) is 0.607. The van der Waals surface area contributed by atoms with Crippen molar-refractivity contribution in [3.63, 3.8) is 0 Å². The number of allylic oxidation sites excluding steroid dienone is 19. The highest BCUT2D eigenvalue weighted by molar-refractivity contribution is 5.74. The van der Waals surface area contributed by atoms with Gasteiger partial charge in [-0.15, -0.1) is 0 Å². The van der Waals surface area contributed by atoms with Gasteiger partial charge in [0.05, 0.1) is 13.0 Å². The number of aliphatic hydroxyl groups is 2. The summed E-state index contributed by atoms with van der Waals surface area (Å²) in [5, 5.41) is 31.4. The Morgan fingerprint density at radius 1 is 0.479 bits per heavy atom. The van der Waals surface area contributed by atoms with Crippen LogP contribution in [0.4, 0.5) is 0 Å². The van der Waals surface area contributed by atoms with Crippen LogP contribution in [-0.4, -0.2) is 89.2 Å². The SMILES string of the molecule is CC/C=C\C/C=C\C/C=C\C/C=C\C/C=C\CC(=O)OC1C(OCC(COC(=O)CCCCCCC/C=C\C/C=C\C/C=C\CC)OC(=O)CCCCCCC/C=C\C/C=C\CCC)OC(C(=O)O)C(O)C1O. The first-order chi connectivity index (χ1) is 35.6. The first-order valence-electron chi connectivity index (χ1n) is 27.5. The highest BCUT2D eigenvalue weighted by Gasteiger charge is 2.50. The van der Waals surface area contributed by atoms with E-state index in [0.29, 0.717) is 19.3 Å². The Balaban J connectivity index is 2.79. The van der Waals surface area contributed by atoms with Gasteiger partial charge in [0.1, 0.15) is 18.8 Å². The lowest BCUT2D eigenvalue weighted by atomic mass is 9.98. The predicted octanol–water partition coefficient (Wildman–Crippen LogP) is 13.7. The zero-order valence-electron chi connectivity index (χ0n) is 44.8. The van der Waals surface area contributed by atoms with Crippen molar-refractivity contribution < 1.29 is 58.2 Å². The normalized spacial score (nSPS) is 19.3. The van der Waals surface area contributed by atoms with E-state index in [2.05, 4.69) is 118 Å². The lowest BCUT2D eigenvalue weighted by Crippen LogP contribution is -2.61. The van der Waals surface area contributed by atoms with E-state index in [4.69, 9.17) is 23.7 Å². The van der Waals surface area contributed by atoms with Gasteiger partial charge in [0, 0.05) is 12.8 Å². The smallest absolute Gasteiger partial charge is 0.335 e. The molecule has 0 radical (unpaired) electrons. The van der Waals surface area contributed by atoms with Crippen molar-refractivity contribution in [2.45, 2.75) is 225 Å². The highest BCUT2D eigenvalue weighted by Crippen LogP contribution is 2.26. The second-order valence-corrected chi connectivity index (χ2v) is 18.1. The van der Waals surface area contributed by atoms with E-state index in [1.807, 2.05) is 12.2 Å². The molecule has 0 bridgehead atoms. The van der Waals surface area contributed by atoms with Crippen molar-refractivity contribution in [1.29, 1.82) is 0 Å². The summed E-state index contributed by atoms with van der Waals surface area (Å²) in [6, 6.07) is 0. The maximum absolute atomic E-state index is 13.1. The van der Waals surface area contributed by atoms with Crippen LogP contribution in [0.3, 0.4) is 0 Å². The average Bonchev–Trinajstić information content (AvgIpc) is 3.37. The average molecular weight is 1020 g/mol. The van der Waals surface area contributed by atoms with Crippen LogP contribution >= 0.6 is 0 Å². The Labute approximate surface area is 439 Å². The van der Waals surface area contributed by atoms with E-state index >= 15 is 0 Å². The molecule has 410 valence electrons. The van der Waals surface area contributed by atoms with Crippen LogP contribution in [0, 0.1) is 0 Å². The summed E-state index contributed by atoms with van der Waals surface area (Å²) >= 11 is 0. The minimum absolute atomic E-state index is 0.125. The molecule has 1 aliphatic heterocycles. The van der Waals surface area contributed by atoms with Crippen molar-refractivity contribution in [1.82, 2.24) is 0 Å². The maximum atomic E-state index is 13.1. The second kappa shape index (κ2) is 48.1. The van der Waals surface area contributed by atoms with Crippen molar-refractivity contribution in [3.05, 3.63) is 122 Å². The molecule has 0 saturated carbocycles. The third kappa shape index (κ3) is 38.4. The molecular formula is C61H94O12. The van der Waals surface area contributed by atoms with Gasteiger partial charge in [-0.05, 0) is 103 Å². The summed E-state index contributed by atoms with van der Waals surface area (Å²) in [7, 11) is 0.